The highest BCUT2D eigenvalue weighted by atomic mass is 19.3. The van der Waals surface area contributed by atoms with Crippen LogP contribution in [0.15, 0.2) is 60.3 Å². The molecule has 3 aliphatic heterocycles. The molecule has 2 aromatic rings. The van der Waals surface area contributed by atoms with Crippen molar-refractivity contribution < 1.29 is 32.6 Å². The predicted molar refractivity (Wildman–Crippen MR) is 110 cm³/mol. The van der Waals surface area contributed by atoms with Crippen molar-refractivity contribution in [1.29, 1.82) is 0 Å². The molecular weight excluding hydrogens is 420 g/mol. The molecule has 4 heterocycles. The number of aryl methyl sites for hydroxylation is 1. The lowest BCUT2D eigenvalue weighted by Gasteiger charge is -2.23. The molecule has 0 N–H and O–H groups in total. The number of imide groups is 1. The molecule has 2 amide bonds. The first-order valence-corrected chi connectivity index (χ1v) is 10.1. The molecule has 164 valence electrons. The van der Waals surface area contributed by atoms with Gasteiger partial charge in [0.25, 0.3) is 11.8 Å². The van der Waals surface area contributed by atoms with Crippen LogP contribution in [0.5, 0.6) is 0 Å². The lowest BCUT2D eigenvalue weighted by atomic mass is 10.1. The number of alkyl halides is 2. The number of aromatic nitrogens is 1. The summed E-state index contributed by atoms with van der Waals surface area (Å²) < 4.78 is 32.6. The second-order valence-electron chi connectivity index (χ2n) is 7.22. The third-order valence-electron chi connectivity index (χ3n) is 5.32. The van der Waals surface area contributed by atoms with Gasteiger partial charge in [-0.25, -0.2) is 4.57 Å². The van der Waals surface area contributed by atoms with Crippen molar-refractivity contribution in [3.8, 4) is 0 Å². The van der Waals surface area contributed by atoms with Gasteiger partial charge in [0, 0.05) is 42.3 Å². The maximum atomic E-state index is 15.2. The monoisotopic (exact) mass is 440 g/mol. The van der Waals surface area contributed by atoms with Crippen molar-refractivity contribution in [2.24, 2.45) is 0 Å². The molecule has 32 heavy (non-hydrogen) atoms. The Hall–Kier alpha value is -3.88. The number of hydrogen-bond acceptors (Lipinski definition) is 4. The second kappa shape index (κ2) is 8.33. The third-order valence-corrected chi connectivity index (χ3v) is 5.32. The van der Waals surface area contributed by atoms with E-state index in [1.807, 2.05) is 43.3 Å². The van der Waals surface area contributed by atoms with Gasteiger partial charge in [0.15, 0.2) is 0 Å². The molecule has 1 aromatic heterocycles. The van der Waals surface area contributed by atoms with E-state index in [4.69, 9.17) is 0 Å². The molecule has 0 aliphatic carbocycles. The molecule has 0 saturated carbocycles. The van der Waals surface area contributed by atoms with E-state index in [2.05, 4.69) is 4.84 Å². The fourth-order valence-electron chi connectivity index (χ4n) is 3.88. The topological polar surface area (TPSA) is 71.6 Å². The fraction of sp³-hybridized carbons (Fsp3) is 0.217. The third kappa shape index (κ3) is 3.55. The zero-order valence-corrected chi connectivity index (χ0v) is 17.2. The molecule has 3 aliphatic rings. The van der Waals surface area contributed by atoms with E-state index in [1.54, 1.807) is 24.3 Å². The van der Waals surface area contributed by atoms with Crippen LogP contribution in [0.4, 0.5) is 8.78 Å². The smallest absolute Gasteiger partial charge is 0.334 e. The van der Waals surface area contributed by atoms with Crippen LogP contribution in [-0.4, -0.2) is 38.2 Å². The minimum atomic E-state index is -3.11. The zero-order chi connectivity index (χ0) is 22.9. The normalized spacial score (nSPS) is 18.1. The number of benzene rings is 1. The van der Waals surface area contributed by atoms with Gasteiger partial charge in [0.05, 0.1) is 5.69 Å². The molecule has 0 spiro atoms. The molecular formula is C23H20F2N3O4+. The average Bonchev–Trinajstić information content (AvgIpc) is 3.49. The van der Waals surface area contributed by atoms with Crippen molar-refractivity contribution in [2.75, 3.05) is 0 Å². The highest BCUT2D eigenvalue weighted by molar-refractivity contribution is 6.07. The van der Waals surface area contributed by atoms with E-state index < -0.39 is 18.0 Å². The van der Waals surface area contributed by atoms with Gasteiger partial charge in [-0.2, -0.15) is 0 Å². The number of hydroxylamine groups is 2. The van der Waals surface area contributed by atoms with Crippen molar-refractivity contribution >= 4 is 30.1 Å². The van der Waals surface area contributed by atoms with Gasteiger partial charge in [-0.15, -0.1) is 18.4 Å². The summed E-state index contributed by atoms with van der Waals surface area (Å²) >= 11 is 0. The van der Waals surface area contributed by atoms with Gasteiger partial charge < -0.3 is 4.84 Å². The number of rotatable bonds is 4. The van der Waals surface area contributed by atoms with Crippen molar-refractivity contribution in [3.63, 3.8) is 0 Å². The van der Waals surface area contributed by atoms with Gasteiger partial charge >= 0.3 is 12.6 Å². The average molecular weight is 440 g/mol. The van der Waals surface area contributed by atoms with Crippen LogP contribution in [-0.2, 0) is 31.8 Å². The molecule has 0 atom stereocenters. The van der Waals surface area contributed by atoms with Gasteiger partial charge in [0.2, 0.25) is 11.4 Å². The molecule has 5 rings (SSSR count). The summed E-state index contributed by atoms with van der Waals surface area (Å²) in [5.41, 5.74) is 3.02. The van der Waals surface area contributed by atoms with E-state index in [1.165, 1.54) is 0 Å². The summed E-state index contributed by atoms with van der Waals surface area (Å²) in [5, 5.41) is 0.479. The van der Waals surface area contributed by atoms with Crippen molar-refractivity contribution in [1.82, 2.24) is 9.63 Å². The van der Waals surface area contributed by atoms with Crippen molar-refractivity contribution in [3.05, 3.63) is 77.3 Å². The van der Waals surface area contributed by atoms with Crippen LogP contribution in [0.2, 0.25) is 0 Å². The Kier molecular flexibility index (Phi) is 5.56. The highest BCUT2D eigenvalue weighted by Gasteiger charge is 2.54. The maximum Gasteiger partial charge on any atom is 0.565 e. The summed E-state index contributed by atoms with van der Waals surface area (Å²) in [4.78, 5) is 35.0. The molecule has 1 saturated heterocycles. The number of amides is 2. The number of carbonyl (C=O) groups is 3. The van der Waals surface area contributed by atoms with E-state index >= 15 is 8.78 Å². The molecule has 9 heteroatoms. The molecule has 0 unspecified atom stereocenters. The van der Waals surface area contributed by atoms with Crippen molar-refractivity contribution in [2.45, 2.75) is 32.4 Å². The lowest BCUT2D eigenvalue weighted by molar-refractivity contribution is -0.673. The quantitative estimate of drug-likeness (QED) is 0.317. The van der Waals surface area contributed by atoms with Gasteiger partial charge in [0.1, 0.15) is 0 Å². The van der Waals surface area contributed by atoms with Crippen LogP contribution < -0.4 is 0 Å². The minimum Gasteiger partial charge on any atom is -0.334 e. The molecule has 1 fully saturated rings. The number of fused-ring (bicyclic) bond motifs is 2. The van der Waals surface area contributed by atoms with Gasteiger partial charge in [-0.3, -0.25) is 14.4 Å². The van der Waals surface area contributed by atoms with Crippen LogP contribution >= 0.6 is 0 Å². The predicted octanol–water partition coefficient (Wildman–Crippen LogP) is 3.21. The summed E-state index contributed by atoms with van der Waals surface area (Å²) in [6.07, 6.45) is 3.04. The Morgan fingerprint density at radius 2 is 1.75 bits per heavy atom. The number of halogens is 2. The zero-order valence-electron chi connectivity index (χ0n) is 17.2. The number of carbonyl (C=O) groups excluding carboxylic acids is 3. The first-order valence-electron chi connectivity index (χ1n) is 10.1. The molecule has 0 radical (unpaired) electrons. The number of hydrogen-bond donors (Lipinski definition) is 0. The number of nitrogens with zero attached hydrogens (tertiary/aromatic N) is 3. The van der Waals surface area contributed by atoms with Crippen LogP contribution in [0.3, 0.4) is 0 Å². The Bertz CT molecular complexity index is 1160. The summed E-state index contributed by atoms with van der Waals surface area (Å²) in [5.74, 6) is -0.922. The van der Waals surface area contributed by atoms with E-state index in [9.17, 15) is 14.4 Å². The van der Waals surface area contributed by atoms with E-state index in [0.717, 1.165) is 14.7 Å². The Morgan fingerprint density at radius 3 is 2.38 bits per heavy atom. The molecule has 7 nitrogen and oxygen atoms in total. The summed E-state index contributed by atoms with van der Waals surface area (Å²) in [6, 6.07) is 12.8. The van der Waals surface area contributed by atoms with Gasteiger partial charge in [-0.1, -0.05) is 25.1 Å². The number of allylic oxidation sites excluding steroid dienone is 2. The summed E-state index contributed by atoms with van der Waals surface area (Å²) in [6.45, 7) is 1.95. The minimum absolute atomic E-state index is 0.0567. The SMILES string of the molecule is CCc1ccc2n1C(F)(F)[N+]1=C(c3ccccc3)C=CC1=C2.O=CON1C(=O)CCC1=O. The summed E-state index contributed by atoms with van der Waals surface area (Å²) in [7, 11) is 0. The highest BCUT2D eigenvalue weighted by Crippen LogP contribution is 2.38. The Labute approximate surface area is 182 Å². The first kappa shape index (κ1) is 21.4. The second-order valence-corrected chi connectivity index (χ2v) is 7.22. The first-order chi connectivity index (χ1) is 15.4. The maximum absolute atomic E-state index is 15.2. The molecule has 1 aromatic carbocycles. The fourth-order valence-corrected chi connectivity index (χ4v) is 3.88. The lowest BCUT2D eigenvalue weighted by Crippen LogP contribution is -2.41. The Morgan fingerprint density at radius 1 is 1.06 bits per heavy atom. The Balaban J connectivity index is 0.000000207. The van der Waals surface area contributed by atoms with Crippen LogP contribution in [0.25, 0.3) is 6.08 Å². The van der Waals surface area contributed by atoms with Crippen LogP contribution in [0, 0.1) is 0 Å². The van der Waals surface area contributed by atoms with Gasteiger partial charge in [-0.05, 0) is 30.7 Å². The molecule has 0 bridgehead atoms. The van der Waals surface area contributed by atoms with Crippen LogP contribution in [0.1, 0.15) is 36.7 Å². The largest absolute Gasteiger partial charge is 0.565 e. The van der Waals surface area contributed by atoms with E-state index in [0.29, 0.717) is 34.3 Å². The van der Waals surface area contributed by atoms with E-state index in [-0.39, 0.29) is 19.3 Å². The standard InChI is InChI=1S/C18H15F2N2.C5H5NO4/c1-2-14-8-9-15-12-16-10-11-17(13-6-4-3-5-7-13)22(16)18(19,20)21(14)15;7-3-10-6-4(8)1-2-5(6)9/h3-12H,2H2,1H3;3H,1-2H2/q+1;.